The van der Waals surface area contributed by atoms with Gasteiger partial charge in [0.2, 0.25) is 5.95 Å². The second-order valence-corrected chi connectivity index (χ2v) is 6.46. The third-order valence-corrected chi connectivity index (χ3v) is 4.57. The fourth-order valence-electron chi connectivity index (χ4n) is 2.63. The lowest BCUT2D eigenvalue weighted by atomic mass is 9.98. The van der Waals surface area contributed by atoms with Gasteiger partial charge in [-0.15, -0.1) is 0 Å². The van der Waals surface area contributed by atoms with Crippen LogP contribution in [0.25, 0.3) is 0 Å². The number of carbonyl (C=O) groups is 1. The van der Waals surface area contributed by atoms with Gasteiger partial charge in [-0.2, -0.15) is 10.1 Å². The minimum Gasteiger partial charge on any atom is -0.317 e. The maximum atomic E-state index is 13.6. The number of rotatable bonds is 3. The molecule has 1 aromatic carbocycles. The van der Waals surface area contributed by atoms with E-state index >= 15 is 0 Å². The molecule has 0 atom stereocenters. The summed E-state index contributed by atoms with van der Waals surface area (Å²) in [6.07, 6.45) is 1.90. The molecule has 1 fully saturated rings. The molecule has 9 heteroatoms. The van der Waals surface area contributed by atoms with Crippen molar-refractivity contribution in [2.24, 2.45) is 7.05 Å². The number of aromatic nitrogens is 3. The van der Waals surface area contributed by atoms with Crippen molar-refractivity contribution in [1.29, 1.82) is 0 Å². The summed E-state index contributed by atoms with van der Waals surface area (Å²) in [5.41, 5.74) is -0.00927. The third kappa shape index (κ3) is 3.53. The Kier molecular flexibility index (Phi) is 5.03. The SMILES string of the molecule is Cn1nc(C2CCNCC2)nc1NC(=O)c1cc(F)c(Cl)cc1Cl. The van der Waals surface area contributed by atoms with Crippen LogP contribution in [0.15, 0.2) is 12.1 Å². The fourth-order valence-corrected chi connectivity index (χ4v) is 3.10. The first kappa shape index (κ1) is 17.1. The average Bonchev–Trinajstić information content (AvgIpc) is 2.92. The molecule has 0 saturated carbocycles. The summed E-state index contributed by atoms with van der Waals surface area (Å²) >= 11 is 11.6. The number of carbonyl (C=O) groups excluding carboxylic acids is 1. The summed E-state index contributed by atoms with van der Waals surface area (Å²) in [5, 5.41) is 10.2. The number of amides is 1. The number of hydrogen-bond donors (Lipinski definition) is 2. The topological polar surface area (TPSA) is 71.8 Å². The Morgan fingerprint density at radius 2 is 2.04 bits per heavy atom. The molecule has 2 heterocycles. The van der Waals surface area contributed by atoms with Crippen LogP contribution in [0.2, 0.25) is 10.0 Å². The molecule has 1 aliphatic heterocycles. The second-order valence-electron chi connectivity index (χ2n) is 5.64. The van der Waals surface area contributed by atoms with Crippen molar-refractivity contribution in [3.8, 4) is 0 Å². The van der Waals surface area contributed by atoms with Gasteiger partial charge in [0.25, 0.3) is 5.91 Å². The van der Waals surface area contributed by atoms with Gasteiger partial charge in [0.1, 0.15) is 5.82 Å². The molecule has 6 nitrogen and oxygen atoms in total. The molecule has 2 N–H and O–H groups in total. The zero-order valence-corrected chi connectivity index (χ0v) is 14.5. The Morgan fingerprint density at radius 1 is 1.33 bits per heavy atom. The largest absolute Gasteiger partial charge is 0.317 e. The van der Waals surface area contributed by atoms with Gasteiger partial charge < -0.3 is 5.32 Å². The second kappa shape index (κ2) is 7.04. The van der Waals surface area contributed by atoms with Crippen LogP contribution >= 0.6 is 23.2 Å². The molecule has 24 heavy (non-hydrogen) atoms. The third-order valence-electron chi connectivity index (χ3n) is 3.96. The number of halogens is 3. The van der Waals surface area contributed by atoms with E-state index in [1.807, 2.05) is 0 Å². The van der Waals surface area contributed by atoms with Crippen molar-refractivity contribution >= 4 is 35.1 Å². The van der Waals surface area contributed by atoms with E-state index in [1.54, 1.807) is 7.05 Å². The van der Waals surface area contributed by atoms with Crippen LogP contribution in [0.5, 0.6) is 0 Å². The standard InChI is InChI=1S/C15H16Cl2FN5O/c1-23-15(20-13(22-23)8-2-4-19-5-3-8)21-14(24)9-6-12(18)11(17)7-10(9)16/h6-8,19H,2-5H2,1H3,(H,20,21,22,24). The highest BCUT2D eigenvalue weighted by atomic mass is 35.5. The molecule has 3 rings (SSSR count). The fraction of sp³-hybridized carbons (Fsp3) is 0.400. The first-order chi connectivity index (χ1) is 11.5. The van der Waals surface area contributed by atoms with Crippen LogP contribution in [0.1, 0.15) is 34.9 Å². The predicted molar refractivity (Wildman–Crippen MR) is 90.2 cm³/mol. The first-order valence-electron chi connectivity index (χ1n) is 7.53. The molecule has 128 valence electrons. The van der Waals surface area contributed by atoms with E-state index in [4.69, 9.17) is 23.2 Å². The van der Waals surface area contributed by atoms with Crippen molar-refractivity contribution in [2.75, 3.05) is 18.4 Å². The van der Waals surface area contributed by atoms with Crippen LogP contribution in [0.4, 0.5) is 10.3 Å². The highest BCUT2D eigenvalue weighted by Crippen LogP contribution is 2.26. The molecule has 0 aliphatic carbocycles. The van der Waals surface area contributed by atoms with Crippen molar-refractivity contribution in [3.63, 3.8) is 0 Å². The van der Waals surface area contributed by atoms with Gasteiger partial charge in [0.15, 0.2) is 5.82 Å². The van der Waals surface area contributed by atoms with E-state index in [1.165, 1.54) is 10.7 Å². The van der Waals surface area contributed by atoms with E-state index in [0.29, 0.717) is 11.8 Å². The highest BCUT2D eigenvalue weighted by molar-refractivity contribution is 6.37. The van der Waals surface area contributed by atoms with Gasteiger partial charge in [-0.25, -0.2) is 9.07 Å². The van der Waals surface area contributed by atoms with Gasteiger partial charge in [-0.3, -0.25) is 10.1 Å². The Hall–Kier alpha value is -1.70. The first-order valence-corrected chi connectivity index (χ1v) is 8.29. The zero-order valence-electron chi connectivity index (χ0n) is 12.9. The van der Waals surface area contributed by atoms with Crippen molar-refractivity contribution in [1.82, 2.24) is 20.1 Å². The summed E-state index contributed by atoms with van der Waals surface area (Å²) in [5.74, 6) is -0.0233. The van der Waals surface area contributed by atoms with Gasteiger partial charge in [-0.05, 0) is 38.1 Å². The molecule has 1 aromatic heterocycles. The van der Waals surface area contributed by atoms with Gasteiger partial charge in [0, 0.05) is 13.0 Å². The van der Waals surface area contributed by atoms with Crippen LogP contribution < -0.4 is 10.6 Å². The lowest BCUT2D eigenvalue weighted by molar-refractivity contribution is 0.102. The Balaban J connectivity index is 1.79. The van der Waals surface area contributed by atoms with Gasteiger partial charge in [-0.1, -0.05) is 23.2 Å². The summed E-state index contributed by atoms with van der Waals surface area (Å²) in [6, 6.07) is 2.20. The van der Waals surface area contributed by atoms with Gasteiger partial charge in [0.05, 0.1) is 15.6 Å². The average molecular weight is 372 g/mol. The molecule has 0 spiro atoms. The molecule has 1 amide bonds. The van der Waals surface area contributed by atoms with E-state index in [9.17, 15) is 9.18 Å². The molecular weight excluding hydrogens is 356 g/mol. The molecular formula is C15H16Cl2FN5O. The minimum atomic E-state index is -0.709. The van der Waals surface area contributed by atoms with Crippen LogP contribution in [-0.4, -0.2) is 33.8 Å². The predicted octanol–water partition coefficient (Wildman–Crippen LogP) is 2.98. The Labute approximate surface area is 148 Å². The van der Waals surface area contributed by atoms with Crippen LogP contribution in [-0.2, 0) is 7.05 Å². The number of anilines is 1. The number of piperidine rings is 1. The van der Waals surface area contributed by atoms with E-state index in [0.717, 1.165) is 32.0 Å². The number of nitrogens with zero attached hydrogens (tertiary/aromatic N) is 3. The normalized spacial score (nSPS) is 15.5. The smallest absolute Gasteiger partial charge is 0.259 e. The zero-order chi connectivity index (χ0) is 17.3. The number of aryl methyl sites for hydroxylation is 1. The van der Waals surface area contributed by atoms with Crippen molar-refractivity contribution < 1.29 is 9.18 Å². The molecule has 0 radical (unpaired) electrons. The molecule has 1 aliphatic rings. The van der Waals surface area contributed by atoms with E-state index in [-0.39, 0.29) is 21.5 Å². The summed E-state index contributed by atoms with van der Waals surface area (Å²) in [6.45, 7) is 1.84. The van der Waals surface area contributed by atoms with Crippen LogP contribution in [0, 0.1) is 5.82 Å². The summed E-state index contributed by atoms with van der Waals surface area (Å²) < 4.78 is 15.1. The lowest BCUT2D eigenvalue weighted by Crippen LogP contribution is -2.27. The van der Waals surface area contributed by atoms with Gasteiger partial charge >= 0.3 is 0 Å². The summed E-state index contributed by atoms with van der Waals surface area (Å²) in [4.78, 5) is 16.7. The quantitative estimate of drug-likeness (QED) is 0.813. The Bertz CT molecular complexity index is 773. The summed E-state index contributed by atoms with van der Waals surface area (Å²) in [7, 11) is 1.69. The monoisotopic (exact) mass is 371 g/mol. The van der Waals surface area contributed by atoms with Crippen LogP contribution in [0.3, 0.4) is 0 Å². The number of nitrogens with one attached hydrogen (secondary N) is 2. The highest BCUT2D eigenvalue weighted by Gasteiger charge is 2.22. The number of benzene rings is 1. The van der Waals surface area contributed by atoms with Crippen molar-refractivity contribution in [2.45, 2.75) is 18.8 Å². The lowest BCUT2D eigenvalue weighted by Gasteiger charge is -2.19. The molecule has 0 bridgehead atoms. The minimum absolute atomic E-state index is 0.00927. The molecule has 0 unspecified atom stereocenters. The van der Waals surface area contributed by atoms with Crippen molar-refractivity contribution in [3.05, 3.63) is 39.4 Å². The maximum Gasteiger partial charge on any atom is 0.259 e. The van der Waals surface area contributed by atoms with E-state index < -0.39 is 11.7 Å². The van der Waals surface area contributed by atoms with E-state index in [2.05, 4.69) is 20.7 Å². The molecule has 1 saturated heterocycles. The Morgan fingerprint density at radius 3 is 2.75 bits per heavy atom. The maximum absolute atomic E-state index is 13.6. The molecule has 2 aromatic rings. The number of hydrogen-bond acceptors (Lipinski definition) is 4.